The van der Waals surface area contributed by atoms with Gasteiger partial charge >= 0.3 is 0 Å². The third-order valence-corrected chi connectivity index (χ3v) is 6.71. The first kappa shape index (κ1) is 21.1. The third-order valence-electron chi connectivity index (χ3n) is 6.71. The lowest BCUT2D eigenvalue weighted by molar-refractivity contribution is 0.0972. The van der Waals surface area contributed by atoms with Gasteiger partial charge in [0, 0.05) is 12.0 Å². The molecule has 0 bridgehead atoms. The van der Waals surface area contributed by atoms with Gasteiger partial charge in [0.25, 0.3) is 0 Å². The van der Waals surface area contributed by atoms with E-state index < -0.39 is 0 Å². The summed E-state index contributed by atoms with van der Waals surface area (Å²) in [5.74, 6) is 1.88. The summed E-state index contributed by atoms with van der Waals surface area (Å²) < 4.78 is 5.55. The van der Waals surface area contributed by atoms with Crippen molar-refractivity contribution in [2.24, 2.45) is 0 Å². The fourth-order valence-corrected chi connectivity index (χ4v) is 4.93. The minimum Gasteiger partial charge on any atom is -0.496 e. The number of ketones is 1. The van der Waals surface area contributed by atoms with Crippen molar-refractivity contribution in [1.29, 1.82) is 0 Å². The van der Waals surface area contributed by atoms with Crippen molar-refractivity contribution in [2.75, 3.05) is 39.8 Å². The largest absolute Gasteiger partial charge is 0.496 e. The molecule has 0 atom stereocenters. The number of ether oxygens (including phenoxy) is 1. The van der Waals surface area contributed by atoms with Gasteiger partial charge in [0.05, 0.1) is 7.11 Å². The maximum atomic E-state index is 12.7. The van der Waals surface area contributed by atoms with E-state index in [4.69, 9.17) is 4.74 Å². The van der Waals surface area contributed by atoms with E-state index in [1.807, 2.05) is 12.1 Å². The molecule has 30 heavy (non-hydrogen) atoms. The molecule has 2 aliphatic heterocycles. The first-order chi connectivity index (χ1) is 14.7. The SMILES string of the molecule is COc1ccccc1C1CCN(CCCC(=O)c2ccc3c(c2)CCNCC3)CC1. The number of carbonyl (C=O) groups excluding carboxylic acids is 1. The highest BCUT2D eigenvalue weighted by Gasteiger charge is 2.22. The molecule has 4 heteroatoms. The number of para-hydroxylation sites is 1. The number of carbonyl (C=O) groups is 1. The predicted molar refractivity (Wildman–Crippen MR) is 122 cm³/mol. The topological polar surface area (TPSA) is 41.6 Å². The Balaban J connectivity index is 1.23. The highest BCUT2D eigenvalue weighted by molar-refractivity contribution is 5.96. The standard InChI is InChI=1S/C26H34N2O2/c1-30-26-7-3-2-5-24(26)21-12-17-28(18-13-21)16-4-6-25(29)23-9-8-20-10-14-27-15-11-22(20)19-23/h2-3,5,7-9,19,21,27H,4,6,10-18H2,1H3. The zero-order chi connectivity index (χ0) is 20.8. The summed E-state index contributed by atoms with van der Waals surface area (Å²) in [7, 11) is 1.76. The Bertz CT molecular complexity index is 856. The van der Waals surface area contributed by atoms with E-state index in [9.17, 15) is 4.79 Å². The van der Waals surface area contributed by atoms with Crippen LogP contribution in [0.1, 0.15) is 58.6 Å². The van der Waals surface area contributed by atoms with Crippen LogP contribution < -0.4 is 10.1 Å². The van der Waals surface area contributed by atoms with Crippen molar-refractivity contribution in [2.45, 2.75) is 44.4 Å². The highest BCUT2D eigenvalue weighted by Crippen LogP contribution is 2.34. The predicted octanol–water partition coefficient (Wildman–Crippen LogP) is 4.23. The number of piperidine rings is 1. The maximum absolute atomic E-state index is 12.7. The molecule has 0 spiro atoms. The van der Waals surface area contributed by atoms with Gasteiger partial charge in [-0.05, 0) is 99.6 Å². The number of benzene rings is 2. The highest BCUT2D eigenvalue weighted by atomic mass is 16.5. The number of nitrogens with zero attached hydrogens (tertiary/aromatic N) is 1. The Kier molecular flexibility index (Phi) is 7.19. The minimum atomic E-state index is 0.291. The van der Waals surface area contributed by atoms with E-state index in [2.05, 4.69) is 40.5 Å². The molecule has 0 radical (unpaired) electrons. The van der Waals surface area contributed by atoms with Crippen molar-refractivity contribution in [1.82, 2.24) is 10.2 Å². The van der Waals surface area contributed by atoms with E-state index in [0.717, 1.165) is 76.1 Å². The normalized spacial score (nSPS) is 17.9. The van der Waals surface area contributed by atoms with E-state index in [0.29, 0.717) is 18.1 Å². The molecule has 0 unspecified atom stereocenters. The first-order valence-corrected chi connectivity index (χ1v) is 11.5. The molecule has 1 saturated heterocycles. The van der Waals surface area contributed by atoms with E-state index in [1.54, 1.807) is 7.11 Å². The Labute approximate surface area is 180 Å². The van der Waals surface area contributed by atoms with Crippen LogP contribution in [0.15, 0.2) is 42.5 Å². The molecule has 160 valence electrons. The maximum Gasteiger partial charge on any atom is 0.162 e. The van der Waals surface area contributed by atoms with Crippen molar-refractivity contribution >= 4 is 5.78 Å². The molecule has 4 rings (SSSR count). The van der Waals surface area contributed by atoms with Crippen LogP contribution in [0.25, 0.3) is 0 Å². The Morgan fingerprint density at radius 3 is 2.63 bits per heavy atom. The van der Waals surface area contributed by atoms with Crippen LogP contribution in [0.3, 0.4) is 0 Å². The van der Waals surface area contributed by atoms with Gasteiger partial charge < -0.3 is 15.0 Å². The molecule has 1 fully saturated rings. The molecule has 0 saturated carbocycles. The lowest BCUT2D eigenvalue weighted by atomic mass is 9.88. The summed E-state index contributed by atoms with van der Waals surface area (Å²) in [5.41, 5.74) is 4.98. The molecule has 0 amide bonds. The minimum absolute atomic E-state index is 0.291. The van der Waals surface area contributed by atoms with Gasteiger partial charge in [-0.2, -0.15) is 0 Å². The average Bonchev–Trinajstić information content (AvgIpc) is 3.04. The first-order valence-electron chi connectivity index (χ1n) is 11.5. The van der Waals surface area contributed by atoms with Crippen LogP contribution in [0, 0.1) is 0 Å². The monoisotopic (exact) mass is 406 g/mol. The molecule has 2 heterocycles. The second-order valence-corrected chi connectivity index (χ2v) is 8.62. The number of fused-ring (bicyclic) bond motifs is 1. The fourth-order valence-electron chi connectivity index (χ4n) is 4.93. The summed E-state index contributed by atoms with van der Waals surface area (Å²) in [6.07, 6.45) is 5.99. The van der Waals surface area contributed by atoms with Crippen molar-refractivity contribution in [3.05, 3.63) is 64.7 Å². The van der Waals surface area contributed by atoms with Gasteiger partial charge in [-0.25, -0.2) is 0 Å². The van der Waals surface area contributed by atoms with Gasteiger partial charge in [-0.1, -0.05) is 30.3 Å². The number of hydrogen-bond acceptors (Lipinski definition) is 4. The van der Waals surface area contributed by atoms with Crippen molar-refractivity contribution in [3.63, 3.8) is 0 Å². The quantitative estimate of drug-likeness (QED) is 0.699. The second kappa shape index (κ2) is 10.2. The molecule has 2 aliphatic rings. The molecule has 2 aromatic carbocycles. The Morgan fingerprint density at radius 2 is 1.83 bits per heavy atom. The summed E-state index contributed by atoms with van der Waals surface area (Å²) >= 11 is 0. The summed E-state index contributed by atoms with van der Waals surface area (Å²) in [4.78, 5) is 15.2. The molecule has 0 aliphatic carbocycles. The van der Waals surface area contributed by atoms with Gasteiger partial charge in [0.1, 0.15) is 5.75 Å². The number of hydrogen-bond donors (Lipinski definition) is 1. The number of methoxy groups -OCH3 is 1. The van der Waals surface area contributed by atoms with E-state index in [1.165, 1.54) is 16.7 Å². The lowest BCUT2D eigenvalue weighted by Gasteiger charge is -2.32. The molecule has 4 nitrogen and oxygen atoms in total. The number of likely N-dealkylation sites (tertiary alicyclic amines) is 1. The summed E-state index contributed by atoms with van der Waals surface area (Å²) in [6.45, 7) is 5.26. The van der Waals surface area contributed by atoms with Crippen LogP contribution >= 0.6 is 0 Å². The van der Waals surface area contributed by atoms with Crippen LogP contribution in [0.2, 0.25) is 0 Å². The van der Waals surface area contributed by atoms with Crippen LogP contribution in [0.4, 0.5) is 0 Å². The lowest BCUT2D eigenvalue weighted by Crippen LogP contribution is -2.34. The Hall–Kier alpha value is -2.17. The van der Waals surface area contributed by atoms with E-state index in [-0.39, 0.29) is 0 Å². The molecule has 1 N–H and O–H groups in total. The fraction of sp³-hybridized carbons (Fsp3) is 0.500. The zero-order valence-corrected chi connectivity index (χ0v) is 18.2. The summed E-state index contributed by atoms with van der Waals surface area (Å²) in [5, 5.41) is 3.44. The van der Waals surface area contributed by atoms with Crippen molar-refractivity contribution < 1.29 is 9.53 Å². The molecule has 0 aromatic heterocycles. The Morgan fingerprint density at radius 1 is 1.07 bits per heavy atom. The number of Topliss-reactive ketones (excluding diaryl/α,β-unsaturated/α-hetero) is 1. The molecule has 2 aromatic rings. The number of rotatable bonds is 7. The smallest absolute Gasteiger partial charge is 0.162 e. The van der Waals surface area contributed by atoms with Gasteiger partial charge in [-0.3, -0.25) is 4.79 Å². The van der Waals surface area contributed by atoms with Gasteiger partial charge in [0.2, 0.25) is 0 Å². The number of nitrogens with one attached hydrogen (secondary N) is 1. The molecular formula is C26H34N2O2. The molecular weight excluding hydrogens is 372 g/mol. The van der Waals surface area contributed by atoms with Crippen LogP contribution in [-0.4, -0.2) is 50.5 Å². The second-order valence-electron chi connectivity index (χ2n) is 8.62. The van der Waals surface area contributed by atoms with Gasteiger partial charge in [-0.15, -0.1) is 0 Å². The summed E-state index contributed by atoms with van der Waals surface area (Å²) in [6, 6.07) is 14.7. The van der Waals surface area contributed by atoms with Crippen molar-refractivity contribution in [3.8, 4) is 5.75 Å². The third kappa shape index (κ3) is 5.11. The zero-order valence-electron chi connectivity index (χ0n) is 18.2. The van der Waals surface area contributed by atoms with Gasteiger partial charge in [0.15, 0.2) is 5.78 Å². The van der Waals surface area contributed by atoms with Crippen LogP contribution in [0.5, 0.6) is 5.75 Å². The average molecular weight is 407 g/mol. The van der Waals surface area contributed by atoms with Crippen LogP contribution in [-0.2, 0) is 12.8 Å². The van der Waals surface area contributed by atoms with E-state index >= 15 is 0 Å².